The van der Waals surface area contributed by atoms with Crippen LogP contribution in [0.25, 0.3) is 21.5 Å². The van der Waals surface area contributed by atoms with Crippen molar-refractivity contribution in [2.24, 2.45) is 0 Å². The SMILES string of the molecule is OBc1c2ccccc2cc2ccccc12. The van der Waals surface area contributed by atoms with E-state index in [9.17, 15) is 5.02 Å². The monoisotopic (exact) mass is 206 g/mol. The van der Waals surface area contributed by atoms with Crippen LogP contribution in [0.4, 0.5) is 0 Å². The van der Waals surface area contributed by atoms with Gasteiger partial charge in [0.15, 0.2) is 0 Å². The zero-order valence-corrected chi connectivity index (χ0v) is 8.85. The maximum absolute atomic E-state index is 9.53. The zero-order valence-electron chi connectivity index (χ0n) is 8.85. The normalized spacial score (nSPS) is 10.8. The van der Waals surface area contributed by atoms with E-state index in [4.69, 9.17) is 0 Å². The molecule has 3 aromatic carbocycles. The highest BCUT2D eigenvalue weighted by Gasteiger charge is 2.06. The topological polar surface area (TPSA) is 20.2 Å². The number of hydrogen-bond acceptors (Lipinski definition) is 1. The molecule has 0 saturated carbocycles. The van der Waals surface area contributed by atoms with Crippen molar-refractivity contribution in [3.05, 3.63) is 54.6 Å². The Bertz CT molecular complexity index is 607. The minimum atomic E-state index is 0.0852. The van der Waals surface area contributed by atoms with Gasteiger partial charge in [-0.05, 0) is 33.1 Å². The molecule has 0 aliphatic carbocycles. The predicted molar refractivity (Wildman–Crippen MR) is 70.5 cm³/mol. The summed E-state index contributed by atoms with van der Waals surface area (Å²) in [6.45, 7) is 0. The third-order valence-corrected chi connectivity index (χ3v) is 3.04. The lowest BCUT2D eigenvalue weighted by Crippen LogP contribution is -2.15. The zero-order chi connectivity index (χ0) is 11.0. The Balaban J connectivity index is 2.56. The van der Waals surface area contributed by atoms with E-state index in [1.54, 1.807) is 0 Å². The third-order valence-electron chi connectivity index (χ3n) is 3.04. The highest BCUT2D eigenvalue weighted by Crippen LogP contribution is 2.20. The molecule has 0 fully saturated rings. The second-order valence-corrected chi connectivity index (χ2v) is 3.96. The fourth-order valence-corrected chi connectivity index (χ4v) is 2.28. The maximum atomic E-state index is 9.53. The standard InChI is InChI=1S/C14H11BO/c16-15-14-12-7-3-1-5-10(12)9-11-6-2-4-8-13(11)14/h1-9,15-16H. The van der Waals surface area contributed by atoms with Gasteiger partial charge in [-0.2, -0.15) is 0 Å². The van der Waals surface area contributed by atoms with Gasteiger partial charge >= 0.3 is 7.48 Å². The molecule has 16 heavy (non-hydrogen) atoms. The van der Waals surface area contributed by atoms with Gasteiger partial charge < -0.3 is 5.02 Å². The second kappa shape index (κ2) is 3.65. The second-order valence-electron chi connectivity index (χ2n) is 3.96. The molecule has 0 unspecified atom stereocenters. The maximum Gasteiger partial charge on any atom is 0.306 e. The van der Waals surface area contributed by atoms with Crippen LogP contribution in [-0.4, -0.2) is 12.5 Å². The van der Waals surface area contributed by atoms with Gasteiger partial charge in [0, 0.05) is 0 Å². The van der Waals surface area contributed by atoms with Gasteiger partial charge in [-0.1, -0.05) is 48.5 Å². The molecule has 0 aromatic heterocycles. The molecule has 0 saturated heterocycles. The molecule has 1 nitrogen and oxygen atoms in total. The lowest BCUT2D eigenvalue weighted by Gasteiger charge is -2.08. The van der Waals surface area contributed by atoms with E-state index in [-0.39, 0.29) is 7.48 Å². The molecular formula is C14H11BO. The molecule has 0 spiro atoms. The summed E-state index contributed by atoms with van der Waals surface area (Å²) in [6.07, 6.45) is 0. The summed E-state index contributed by atoms with van der Waals surface area (Å²) in [5.41, 5.74) is 1.02. The van der Waals surface area contributed by atoms with Crippen molar-refractivity contribution in [3.63, 3.8) is 0 Å². The number of hydrogen-bond donors (Lipinski definition) is 1. The summed E-state index contributed by atoms with van der Waals surface area (Å²) >= 11 is 0. The van der Waals surface area contributed by atoms with Gasteiger partial charge in [-0.3, -0.25) is 0 Å². The smallest absolute Gasteiger partial charge is 0.306 e. The first kappa shape index (κ1) is 9.43. The molecular weight excluding hydrogens is 195 g/mol. The van der Waals surface area contributed by atoms with E-state index in [1.165, 1.54) is 10.8 Å². The largest absolute Gasteiger partial charge is 0.449 e. The average molecular weight is 206 g/mol. The van der Waals surface area contributed by atoms with Crippen LogP contribution >= 0.6 is 0 Å². The van der Waals surface area contributed by atoms with Crippen LogP contribution in [0, 0.1) is 0 Å². The fourth-order valence-electron chi connectivity index (χ4n) is 2.28. The van der Waals surface area contributed by atoms with E-state index < -0.39 is 0 Å². The Morgan fingerprint density at radius 3 is 1.75 bits per heavy atom. The Morgan fingerprint density at radius 1 is 0.750 bits per heavy atom. The number of benzene rings is 3. The average Bonchev–Trinajstić information content (AvgIpc) is 2.36. The highest BCUT2D eigenvalue weighted by atomic mass is 16.2. The van der Waals surface area contributed by atoms with Crippen molar-refractivity contribution in [2.75, 3.05) is 0 Å². The Morgan fingerprint density at radius 2 is 1.25 bits per heavy atom. The van der Waals surface area contributed by atoms with Crippen LogP contribution < -0.4 is 5.46 Å². The number of fused-ring (bicyclic) bond motifs is 2. The van der Waals surface area contributed by atoms with Gasteiger partial charge in [0.05, 0.1) is 0 Å². The fraction of sp³-hybridized carbons (Fsp3) is 0. The first-order chi connectivity index (χ1) is 7.90. The third kappa shape index (κ3) is 1.31. The van der Waals surface area contributed by atoms with Gasteiger partial charge in [0.1, 0.15) is 0 Å². The van der Waals surface area contributed by atoms with Crippen LogP contribution in [-0.2, 0) is 0 Å². The predicted octanol–water partition coefficient (Wildman–Crippen LogP) is 1.96. The first-order valence-electron chi connectivity index (χ1n) is 5.40. The Kier molecular flexibility index (Phi) is 2.15. The van der Waals surface area contributed by atoms with Crippen molar-refractivity contribution >= 4 is 34.5 Å². The lowest BCUT2D eigenvalue weighted by molar-refractivity contribution is 0.616. The van der Waals surface area contributed by atoms with E-state index >= 15 is 0 Å². The molecule has 2 heteroatoms. The summed E-state index contributed by atoms with van der Waals surface area (Å²) in [5, 5.41) is 14.2. The molecule has 0 heterocycles. The number of rotatable bonds is 1. The van der Waals surface area contributed by atoms with E-state index in [0.29, 0.717) is 0 Å². The molecule has 0 radical (unpaired) electrons. The van der Waals surface area contributed by atoms with E-state index in [1.807, 2.05) is 24.3 Å². The molecule has 0 atom stereocenters. The molecule has 76 valence electrons. The molecule has 3 rings (SSSR count). The highest BCUT2D eigenvalue weighted by molar-refractivity contribution is 6.54. The first-order valence-corrected chi connectivity index (χ1v) is 5.40. The van der Waals surface area contributed by atoms with Gasteiger partial charge in [-0.15, -0.1) is 0 Å². The van der Waals surface area contributed by atoms with Crippen LogP contribution in [0.15, 0.2) is 54.6 Å². The summed E-state index contributed by atoms with van der Waals surface area (Å²) in [5.74, 6) is 0. The molecule has 0 aliphatic heterocycles. The van der Waals surface area contributed by atoms with Crippen molar-refractivity contribution in [1.29, 1.82) is 0 Å². The van der Waals surface area contributed by atoms with Gasteiger partial charge in [0.2, 0.25) is 0 Å². The van der Waals surface area contributed by atoms with Crippen molar-refractivity contribution in [1.82, 2.24) is 0 Å². The van der Waals surface area contributed by atoms with E-state index in [0.717, 1.165) is 16.2 Å². The Hall–Kier alpha value is -1.80. The van der Waals surface area contributed by atoms with Gasteiger partial charge in [0.25, 0.3) is 0 Å². The van der Waals surface area contributed by atoms with Crippen molar-refractivity contribution < 1.29 is 5.02 Å². The van der Waals surface area contributed by atoms with Gasteiger partial charge in [-0.25, -0.2) is 0 Å². The quantitative estimate of drug-likeness (QED) is 0.476. The molecule has 3 aromatic rings. The Labute approximate surface area is 94.6 Å². The minimum absolute atomic E-state index is 0.0852. The van der Waals surface area contributed by atoms with Crippen molar-refractivity contribution in [3.8, 4) is 0 Å². The van der Waals surface area contributed by atoms with Crippen molar-refractivity contribution in [2.45, 2.75) is 0 Å². The van der Waals surface area contributed by atoms with Crippen LogP contribution in [0.2, 0.25) is 0 Å². The summed E-state index contributed by atoms with van der Waals surface area (Å²) in [7, 11) is 0.0852. The van der Waals surface area contributed by atoms with Crippen LogP contribution in [0.5, 0.6) is 0 Å². The van der Waals surface area contributed by atoms with Crippen LogP contribution in [0.1, 0.15) is 0 Å². The molecule has 0 aliphatic rings. The van der Waals surface area contributed by atoms with E-state index in [2.05, 4.69) is 30.3 Å². The summed E-state index contributed by atoms with van der Waals surface area (Å²) < 4.78 is 0. The summed E-state index contributed by atoms with van der Waals surface area (Å²) in [4.78, 5) is 0. The summed E-state index contributed by atoms with van der Waals surface area (Å²) in [6, 6.07) is 18.5. The van der Waals surface area contributed by atoms with Crippen LogP contribution in [0.3, 0.4) is 0 Å². The molecule has 0 bridgehead atoms. The molecule has 1 N–H and O–H groups in total. The lowest BCUT2D eigenvalue weighted by atomic mass is 9.80. The molecule has 0 amide bonds. The minimum Gasteiger partial charge on any atom is -0.449 e.